The molecule has 0 spiro atoms. The maximum Gasteiger partial charge on any atom is 0.253 e. The highest BCUT2D eigenvalue weighted by atomic mass is 35.5. The van der Waals surface area contributed by atoms with Crippen LogP contribution in [0.3, 0.4) is 0 Å². The zero-order valence-corrected chi connectivity index (χ0v) is 29.7. The number of allylic oxidation sites excluding steroid dienone is 4. The van der Waals surface area contributed by atoms with Crippen LogP contribution in [0.4, 0.5) is 0 Å². The van der Waals surface area contributed by atoms with Crippen molar-refractivity contribution in [3.8, 4) is 0 Å². The quantitative estimate of drug-likeness (QED) is 0.0318. The summed E-state index contributed by atoms with van der Waals surface area (Å²) in [4.78, 5) is 25.2. The Balaban J connectivity index is 3.86. The van der Waals surface area contributed by atoms with Crippen LogP contribution in [-0.2, 0) is 9.59 Å². The van der Waals surface area contributed by atoms with Gasteiger partial charge in [-0.15, -0.1) is 0 Å². The largest absolute Gasteiger partial charge is 0.353 e. The van der Waals surface area contributed by atoms with E-state index in [1.807, 2.05) is 0 Å². The highest BCUT2D eigenvalue weighted by molar-refractivity contribution is 6.23. The summed E-state index contributed by atoms with van der Waals surface area (Å²) in [5.74, 6) is -1.68. The van der Waals surface area contributed by atoms with E-state index < -0.39 is 11.2 Å². The molecule has 4 nitrogen and oxygen atoms in total. The van der Waals surface area contributed by atoms with E-state index >= 15 is 0 Å². The van der Waals surface area contributed by atoms with Crippen molar-refractivity contribution in [3.05, 3.63) is 24.3 Å². The van der Waals surface area contributed by atoms with Crippen LogP contribution in [-0.4, -0.2) is 27.0 Å². The van der Waals surface area contributed by atoms with Crippen molar-refractivity contribution >= 4 is 23.2 Å². The van der Waals surface area contributed by atoms with Gasteiger partial charge in [-0.25, -0.2) is 0 Å². The summed E-state index contributed by atoms with van der Waals surface area (Å²) in [5.41, 5.74) is 0. The van der Waals surface area contributed by atoms with Crippen molar-refractivity contribution in [2.75, 3.05) is 0 Å². The van der Waals surface area contributed by atoms with E-state index in [1.54, 1.807) is 0 Å². The van der Waals surface area contributed by atoms with Crippen LogP contribution in [0.15, 0.2) is 24.3 Å². The predicted octanol–water partition coefficient (Wildman–Crippen LogP) is 12.1. The van der Waals surface area contributed by atoms with Crippen molar-refractivity contribution in [1.29, 1.82) is 0 Å². The third-order valence-corrected chi connectivity index (χ3v) is 8.93. The normalized spacial score (nSPS) is 12.9. The summed E-state index contributed by atoms with van der Waals surface area (Å²) >= 11 is 5.73. The molecule has 2 N–H and O–H groups in total. The minimum Gasteiger partial charge on any atom is -0.353 e. The van der Waals surface area contributed by atoms with Crippen LogP contribution >= 0.6 is 11.6 Å². The first kappa shape index (κ1) is 43.0. The first-order valence-electron chi connectivity index (χ1n) is 18.8. The summed E-state index contributed by atoms with van der Waals surface area (Å²) in [6, 6.07) is 0. The average molecular weight is 639 g/mol. The van der Waals surface area contributed by atoms with E-state index in [0.29, 0.717) is 12.8 Å². The summed E-state index contributed by atoms with van der Waals surface area (Å²) in [6.45, 7) is 4.50. The predicted molar refractivity (Wildman–Crippen MR) is 190 cm³/mol. The Labute approximate surface area is 277 Å². The van der Waals surface area contributed by atoms with Crippen LogP contribution in [0.2, 0.25) is 0 Å². The van der Waals surface area contributed by atoms with E-state index in [0.717, 1.165) is 64.2 Å². The number of halogens is 1. The average Bonchev–Trinajstić information content (AvgIpc) is 2.99. The molecular weight excluding hydrogens is 568 g/mol. The topological polar surface area (TPSA) is 74.6 Å². The number of ketones is 2. The molecule has 0 aliphatic rings. The molecule has 0 saturated heterocycles. The SMILES string of the molecule is CCCCCCCC/C=C\CCCCCCCC(=O)CC(C(=O)CCCCCCC/C=C\CCCCCCCC)C(O)(O)Cl. The Kier molecular flexibility index (Phi) is 31.3. The van der Waals surface area contributed by atoms with Crippen molar-refractivity contribution in [3.63, 3.8) is 0 Å². The summed E-state index contributed by atoms with van der Waals surface area (Å²) in [7, 11) is 0. The Morgan fingerprint density at radius 3 is 1.20 bits per heavy atom. The lowest BCUT2D eigenvalue weighted by molar-refractivity contribution is -0.158. The molecule has 0 bridgehead atoms. The van der Waals surface area contributed by atoms with Gasteiger partial charge in [-0.1, -0.05) is 152 Å². The molecule has 0 fully saturated rings. The standard InChI is InChI=1S/C39H71ClO4/c1-3-5-7-9-11-13-15-17-19-21-23-25-27-29-31-33-36(41)35-37(39(40,43)44)38(42)34-32-30-28-26-24-22-20-18-16-14-12-10-8-6-4-2/h17-20,37,43-44H,3-16,21-35H2,1-2H3/b19-17-,20-18-. The fraction of sp³-hybridized carbons (Fsp3) is 0.846. The van der Waals surface area contributed by atoms with E-state index in [-0.39, 0.29) is 24.4 Å². The summed E-state index contributed by atoms with van der Waals surface area (Å²) < 4.78 is 0. The van der Waals surface area contributed by atoms with Gasteiger partial charge in [0.1, 0.15) is 11.6 Å². The molecule has 0 saturated carbocycles. The van der Waals surface area contributed by atoms with Gasteiger partial charge >= 0.3 is 0 Å². The lowest BCUT2D eigenvalue weighted by Crippen LogP contribution is -2.38. The highest BCUT2D eigenvalue weighted by Gasteiger charge is 2.38. The van der Waals surface area contributed by atoms with Crippen LogP contribution < -0.4 is 0 Å². The van der Waals surface area contributed by atoms with Crippen LogP contribution in [0, 0.1) is 5.92 Å². The molecule has 0 amide bonds. The van der Waals surface area contributed by atoms with Gasteiger partial charge in [-0.05, 0) is 64.2 Å². The highest BCUT2D eigenvalue weighted by Crippen LogP contribution is 2.27. The first-order chi connectivity index (χ1) is 21.3. The Morgan fingerprint density at radius 2 is 0.841 bits per heavy atom. The number of hydrogen-bond donors (Lipinski definition) is 2. The van der Waals surface area contributed by atoms with Gasteiger partial charge in [0.15, 0.2) is 0 Å². The number of carbonyl (C=O) groups is 2. The minimum absolute atomic E-state index is 0.112. The molecular formula is C39H71ClO4. The Bertz CT molecular complexity index is 709. The third-order valence-electron chi connectivity index (χ3n) is 8.67. The van der Waals surface area contributed by atoms with Gasteiger partial charge in [0.25, 0.3) is 5.25 Å². The van der Waals surface area contributed by atoms with Crippen LogP contribution in [0.5, 0.6) is 0 Å². The number of alkyl halides is 1. The molecule has 1 atom stereocenters. The molecule has 0 heterocycles. The summed E-state index contributed by atoms with van der Waals surface area (Å²) in [5, 5.41) is 17.3. The molecule has 0 aromatic carbocycles. The van der Waals surface area contributed by atoms with Crippen molar-refractivity contribution < 1.29 is 19.8 Å². The number of hydrogen-bond acceptors (Lipinski definition) is 4. The van der Waals surface area contributed by atoms with Gasteiger partial charge in [0, 0.05) is 19.3 Å². The van der Waals surface area contributed by atoms with Gasteiger partial charge in [0.05, 0.1) is 5.92 Å². The van der Waals surface area contributed by atoms with Crippen molar-refractivity contribution in [2.45, 2.75) is 205 Å². The third kappa shape index (κ3) is 29.7. The lowest BCUT2D eigenvalue weighted by atomic mass is 9.91. The fourth-order valence-corrected chi connectivity index (χ4v) is 5.91. The minimum atomic E-state index is -2.67. The van der Waals surface area contributed by atoms with Crippen molar-refractivity contribution in [2.24, 2.45) is 5.92 Å². The van der Waals surface area contributed by atoms with E-state index in [9.17, 15) is 19.8 Å². The zero-order chi connectivity index (χ0) is 32.6. The Morgan fingerprint density at radius 1 is 0.523 bits per heavy atom. The maximum absolute atomic E-state index is 12.7. The molecule has 1 unspecified atom stereocenters. The van der Waals surface area contributed by atoms with Gasteiger partial charge < -0.3 is 10.2 Å². The van der Waals surface area contributed by atoms with Crippen LogP contribution in [0.1, 0.15) is 200 Å². The molecule has 44 heavy (non-hydrogen) atoms. The van der Waals surface area contributed by atoms with Crippen molar-refractivity contribution in [1.82, 2.24) is 0 Å². The molecule has 5 heteroatoms. The molecule has 0 aliphatic heterocycles. The fourth-order valence-electron chi connectivity index (χ4n) is 5.72. The van der Waals surface area contributed by atoms with Gasteiger partial charge in [0.2, 0.25) is 0 Å². The molecule has 0 rings (SSSR count). The second-order valence-corrected chi connectivity index (χ2v) is 13.6. The number of Topliss-reactive ketones (excluding diaryl/α,β-unsaturated/α-hetero) is 2. The van der Waals surface area contributed by atoms with E-state index in [2.05, 4.69) is 38.2 Å². The molecule has 0 aliphatic carbocycles. The molecule has 258 valence electrons. The molecule has 0 radical (unpaired) electrons. The zero-order valence-electron chi connectivity index (χ0n) is 29.0. The smallest absolute Gasteiger partial charge is 0.253 e. The number of carbonyl (C=O) groups excluding carboxylic acids is 2. The molecule has 0 aromatic heterocycles. The second-order valence-electron chi connectivity index (χ2n) is 13.1. The first-order valence-corrected chi connectivity index (χ1v) is 19.2. The lowest BCUT2D eigenvalue weighted by Gasteiger charge is -2.24. The Hall–Kier alpha value is -0.970. The molecule has 0 aromatic rings. The van der Waals surface area contributed by atoms with E-state index in [4.69, 9.17) is 11.6 Å². The number of rotatable bonds is 34. The monoisotopic (exact) mass is 639 g/mol. The number of unbranched alkanes of at least 4 members (excludes halogenated alkanes) is 22. The van der Waals surface area contributed by atoms with Gasteiger partial charge in [-0.2, -0.15) is 0 Å². The second kappa shape index (κ2) is 32.0. The van der Waals surface area contributed by atoms with Gasteiger partial charge in [-0.3, -0.25) is 9.59 Å². The van der Waals surface area contributed by atoms with Crippen LogP contribution in [0.25, 0.3) is 0 Å². The summed E-state index contributed by atoms with van der Waals surface area (Å²) in [6.07, 6.45) is 40.5. The maximum atomic E-state index is 12.7. The number of aliphatic hydroxyl groups is 2. The van der Waals surface area contributed by atoms with E-state index in [1.165, 1.54) is 96.3 Å².